The van der Waals surface area contributed by atoms with Crippen molar-refractivity contribution in [1.29, 1.82) is 0 Å². The zero-order chi connectivity index (χ0) is 13.0. The molecule has 7 nitrogen and oxygen atoms in total. The predicted octanol–water partition coefficient (Wildman–Crippen LogP) is 0.352. The van der Waals surface area contributed by atoms with E-state index in [4.69, 9.17) is 14.2 Å². The fourth-order valence-corrected chi connectivity index (χ4v) is 1.43. The Morgan fingerprint density at radius 3 is 2.89 bits per heavy atom. The number of ether oxygens (including phenoxy) is 3. The van der Waals surface area contributed by atoms with Gasteiger partial charge in [-0.25, -0.2) is 9.97 Å². The van der Waals surface area contributed by atoms with Crippen molar-refractivity contribution in [2.24, 2.45) is 0 Å². The van der Waals surface area contributed by atoms with Gasteiger partial charge in [0.1, 0.15) is 12.1 Å². The van der Waals surface area contributed by atoms with Gasteiger partial charge in [0.15, 0.2) is 11.3 Å². The van der Waals surface area contributed by atoms with Crippen LogP contribution >= 0.6 is 0 Å². The normalized spacial score (nSPS) is 10.6. The molecule has 2 aromatic heterocycles. The van der Waals surface area contributed by atoms with E-state index in [1.807, 2.05) is 0 Å². The highest BCUT2D eigenvalue weighted by molar-refractivity contribution is 5.75. The molecule has 0 saturated heterocycles. The van der Waals surface area contributed by atoms with E-state index in [2.05, 4.69) is 15.0 Å². The summed E-state index contributed by atoms with van der Waals surface area (Å²) in [6, 6.07) is 1.61. The van der Waals surface area contributed by atoms with Gasteiger partial charge in [0.2, 0.25) is 0 Å². The third kappa shape index (κ3) is 2.40. The van der Waals surface area contributed by atoms with E-state index in [0.717, 1.165) is 0 Å². The second kappa shape index (κ2) is 5.46. The molecule has 0 spiro atoms. The monoisotopic (exact) mass is 251 g/mol. The first kappa shape index (κ1) is 12.3. The SMILES string of the molecule is COCCOc1nc2c(=O)[nH]cnc2cc1OC. The highest BCUT2D eigenvalue weighted by atomic mass is 16.5. The molecular weight excluding hydrogens is 238 g/mol. The molecule has 18 heavy (non-hydrogen) atoms. The standard InChI is InChI=1S/C11H13N3O4/c1-16-3-4-18-11-8(17-2)5-7-9(14-11)10(15)13-6-12-7/h5-6H,3-4H2,1-2H3,(H,12,13,15). The number of aromatic amines is 1. The summed E-state index contributed by atoms with van der Waals surface area (Å²) in [5.41, 5.74) is 0.347. The van der Waals surface area contributed by atoms with Crippen molar-refractivity contribution in [2.75, 3.05) is 27.4 Å². The molecule has 2 aromatic rings. The Morgan fingerprint density at radius 1 is 1.33 bits per heavy atom. The number of pyridine rings is 1. The summed E-state index contributed by atoms with van der Waals surface area (Å²) in [7, 11) is 3.07. The van der Waals surface area contributed by atoms with Gasteiger partial charge in [-0.1, -0.05) is 0 Å². The largest absolute Gasteiger partial charge is 0.491 e. The summed E-state index contributed by atoms with van der Waals surface area (Å²) < 4.78 is 15.4. The number of methoxy groups -OCH3 is 2. The van der Waals surface area contributed by atoms with Crippen LogP contribution in [-0.4, -0.2) is 42.4 Å². The highest BCUT2D eigenvalue weighted by Crippen LogP contribution is 2.26. The molecule has 0 bridgehead atoms. The summed E-state index contributed by atoms with van der Waals surface area (Å²) in [6.45, 7) is 0.746. The second-order valence-electron chi connectivity index (χ2n) is 3.44. The van der Waals surface area contributed by atoms with Crippen LogP contribution in [-0.2, 0) is 4.74 Å². The minimum Gasteiger partial charge on any atom is -0.491 e. The van der Waals surface area contributed by atoms with Gasteiger partial charge in [0, 0.05) is 13.2 Å². The maximum atomic E-state index is 11.6. The number of fused-ring (bicyclic) bond motifs is 1. The van der Waals surface area contributed by atoms with Crippen molar-refractivity contribution >= 4 is 11.0 Å². The summed E-state index contributed by atoms with van der Waals surface area (Å²) in [6.07, 6.45) is 1.32. The van der Waals surface area contributed by atoms with Crippen LogP contribution in [0.25, 0.3) is 11.0 Å². The van der Waals surface area contributed by atoms with E-state index < -0.39 is 0 Å². The number of nitrogens with one attached hydrogen (secondary N) is 1. The predicted molar refractivity (Wildman–Crippen MR) is 64.1 cm³/mol. The summed E-state index contributed by atoms with van der Waals surface area (Å²) in [5, 5.41) is 0. The van der Waals surface area contributed by atoms with E-state index in [1.54, 1.807) is 13.2 Å². The van der Waals surface area contributed by atoms with E-state index in [1.165, 1.54) is 13.4 Å². The minimum absolute atomic E-state index is 0.214. The molecule has 7 heteroatoms. The molecule has 96 valence electrons. The first-order chi connectivity index (χ1) is 8.76. The van der Waals surface area contributed by atoms with Crippen LogP contribution < -0.4 is 15.0 Å². The minimum atomic E-state index is -0.320. The third-order valence-electron chi connectivity index (χ3n) is 2.30. The summed E-state index contributed by atoms with van der Waals surface area (Å²) >= 11 is 0. The molecule has 0 unspecified atom stereocenters. The average molecular weight is 251 g/mol. The maximum absolute atomic E-state index is 11.6. The van der Waals surface area contributed by atoms with Crippen molar-refractivity contribution in [3.8, 4) is 11.6 Å². The topological polar surface area (TPSA) is 86.3 Å². The van der Waals surface area contributed by atoms with Gasteiger partial charge in [-0.2, -0.15) is 0 Å². The van der Waals surface area contributed by atoms with Gasteiger partial charge in [0.25, 0.3) is 11.4 Å². The van der Waals surface area contributed by atoms with Gasteiger partial charge >= 0.3 is 0 Å². The lowest BCUT2D eigenvalue weighted by Crippen LogP contribution is -2.11. The average Bonchev–Trinajstić information content (AvgIpc) is 2.39. The fraction of sp³-hybridized carbons (Fsp3) is 0.364. The van der Waals surface area contributed by atoms with Gasteiger partial charge < -0.3 is 19.2 Å². The maximum Gasteiger partial charge on any atom is 0.277 e. The fourth-order valence-electron chi connectivity index (χ4n) is 1.43. The quantitative estimate of drug-likeness (QED) is 0.772. The van der Waals surface area contributed by atoms with Crippen LogP contribution in [0.5, 0.6) is 11.6 Å². The lowest BCUT2D eigenvalue weighted by Gasteiger charge is -2.09. The molecule has 0 aromatic carbocycles. The lowest BCUT2D eigenvalue weighted by atomic mass is 10.3. The van der Waals surface area contributed by atoms with Crippen LogP contribution in [0.1, 0.15) is 0 Å². The Kier molecular flexibility index (Phi) is 3.73. The molecule has 0 aliphatic carbocycles. The molecule has 0 amide bonds. The van der Waals surface area contributed by atoms with Crippen LogP contribution in [0.2, 0.25) is 0 Å². The van der Waals surface area contributed by atoms with E-state index in [0.29, 0.717) is 24.5 Å². The zero-order valence-corrected chi connectivity index (χ0v) is 10.1. The number of nitrogens with zero attached hydrogens (tertiary/aromatic N) is 2. The Bertz CT molecular complexity index is 596. The van der Waals surface area contributed by atoms with Crippen molar-refractivity contribution < 1.29 is 14.2 Å². The number of hydrogen-bond donors (Lipinski definition) is 1. The smallest absolute Gasteiger partial charge is 0.277 e. The first-order valence-corrected chi connectivity index (χ1v) is 5.30. The number of hydrogen-bond acceptors (Lipinski definition) is 6. The molecule has 0 aliphatic heterocycles. The molecule has 0 saturated carbocycles. The second-order valence-corrected chi connectivity index (χ2v) is 3.44. The first-order valence-electron chi connectivity index (χ1n) is 5.30. The molecule has 2 heterocycles. The highest BCUT2D eigenvalue weighted by Gasteiger charge is 2.11. The molecule has 0 atom stereocenters. The van der Waals surface area contributed by atoms with Crippen molar-refractivity contribution in [2.45, 2.75) is 0 Å². The van der Waals surface area contributed by atoms with Crippen molar-refractivity contribution in [3.63, 3.8) is 0 Å². The number of H-pyrrole nitrogens is 1. The molecule has 0 radical (unpaired) electrons. The number of rotatable bonds is 5. The zero-order valence-electron chi connectivity index (χ0n) is 10.1. The lowest BCUT2D eigenvalue weighted by molar-refractivity contribution is 0.141. The van der Waals surface area contributed by atoms with Crippen LogP contribution in [0.3, 0.4) is 0 Å². The van der Waals surface area contributed by atoms with Gasteiger partial charge in [-0.05, 0) is 0 Å². The van der Waals surface area contributed by atoms with E-state index in [-0.39, 0.29) is 17.0 Å². The van der Waals surface area contributed by atoms with Gasteiger partial charge in [-0.3, -0.25) is 4.79 Å². The Morgan fingerprint density at radius 2 is 2.17 bits per heavy atom. The number of aromatic nitrogens is 3. The molecule has 2 rings (SSSR count). The van der Waals surface area contributed by atoms with Gasteiger partial charge in [-0.15, -0.1) is 0 Å². The summed E-state index contributed by atoms with van der Waals surface area (Å²) in [5.74, 6) is 0.678. The Balaban J connectivity index is 2.43. The Hall–Kier alpha value is -2.15. The third-order valence-corrected chi connectivity index (χ3v) is 2.30. The molecule has 0 fully saturated rings. The molecular formula is C11H13N3O4. The van der Waals surface area contributed by atoms with E-state index in [9.17, 15) is 4.79 Å². The van der Waals surface area contributed by atoms with Crippen LogP contribution in [0.15, 0.2) is 17.2 Å². The van der Waals surface area contributed by atoms with Crippen LogP contribution in [0.4, 0.5) is 0 Å². The van der Waals surface area contributed by atoms with Crippen molar-refractivity contribution in [1.82, 2.24) is 15.0 Å². The van der Waals surface area contributed by atoms with Crippen LogP contribution in [0, 0.1) is 0 Å². The molecule has 0 aliphatic rings. The van der Waals surface area contributed by atoms with Crippen molar-refractivity contribution in [3.05, 3.63) is 22.7 Å². The van der Waals surface area contributed by atoms with Gasteiger partial charge in [0.05, 0.1) is 20.0 Å². The Labute approximate surface area is 103 Å². The van der Waals surface area contributed by atoms with E-state index >= 15 is 0 Å². The molecule has 1 N–H and O–H groups in total. The summed E-state index contributed by atoms with van der Waals surface area (Å²) in [4.78, 5) is 22.2.